The highest BCUT2D eigenvalue weighted by Crippen LogP contribution is 2.35. The average molecular weight is 308 g/mol. The van der Waals surface area contributed by atoms with E-state index in [9.17, 15) is 0 Å². The minimum absolute atomic E-state index is 0.385. The normalized spacial score (nSPS) is 18.0. The molecule has 0 saturated heterocycles. The highest BCUT2D eigenvalue weighted by atomic mass is 79.9. The number of nitrogens with zero attached hydrogens (tertiary/aromatic N) is 2. The first-order valence-electron chi connectivity index (χ1n) is 6.04. The van der Waals surface area contributed by atoms with Gasteiger partial charge in [0.15, 0.2) is 5.82 Å². The second-order valence-corrected chi connectivity index (χ2v) is 5.36. The van der Waals surface area contributed by atoms with Crippen LogP contribution in [0.1, 0.15) is 35.3 Å². The summed E-state index contributed by atoms with van der Waals surface area (Å²) in [6.07, 6.45) is 2.23. The molecule has 1 aromatic heterocycles. The van der Waals surface area contributed by atoms with Crippen molar-refractivity contribution in [1.82, 2.24) is 15.5 Å². The number of rotatable bonds is 3. The molecule has 0 bridgehead atoms. The lowest BCUT2D eigenvalue weighted by molar-refractivity contribution is 0.383. The first kappa shape index (κ1) is 11.9. The van der Waals surface area contributed by atoms with E-state index in [1.807, 2.05) is 0 Å². The lowest BCUT2D eigenvalue weighted by Crippen LogP contribution is -2.19. The number of hydrogen-bond acceptors (Lipinski definition) is 4. The summed E-state index contributed by atoms with van der Waals surface area (Å²) < 4.78 is 6.17. The van der Waals surface area contributed by atoms with Crippen LogP contribution < -0.4 is 5.32 Å². The van der Waals surface area contributed by atoms with Crippen LogP contribution in [0, 0.1) is 6.92 Å². The number of hydrogen-bond donors (Lipinski definition) is 1. The van der Waals surface area contributed by atoms with Crippen LogP contribution in [0.15, 0.2) is 27.2 Å². The summed E-state index contributed by atoms with van der Waals surface area (Å²) in [7, 11) is 0. The number of aryl methyl sites for hydroxylation is 1. The quantitative estimate of drug-likeness (QED) is 0.947. The lowest BCUT2D eigenvalue weighted by atomic mass is 10.1. The number of aromatic nitrogens is 2. The van der Waals surface area contributed by atoms with Crippen molar-refractivity contribution in [2.75, 3.05) is 0 Å². The van der Waals surface area contributed by atoms with E-state index < -0.39 is 0 Å². The van der Waals surface area contributed by atoms with Gasteiger partial charge in [0.1, 0.15) is 0 Å². The largest absolute Gasteiger partial charge is 0.340 e. The average Bonchev–Trinajstić information content (AvgIpc) is 2.94. The zero-order valence-corrected chi connectivity index (χ0v) is 11.7. The minimum Gasteiger partial charge on any atom is -0.340 e. The van der Waals surface area contributed by atoms with Crippen LogP contribution in [-0.4, -0.2) is 10.1 Å². The SMILES string of the molecule is Cc1nc(CNC2CCc3c(Br)cccc32)no1. The molecule has 1 aliphatic rings. The maximum Gasteiger partial charge on any atom is 0.223 e. The van der Waals surface area contributed by atoms with Gasteiger partial charge in [-0.1, -0.05) is 33.2 Å². The molecule has 18 heavy (non-hydrogen) atoms. The molecule has 2 aromatic rings. The Morgan fingerprint density at radius 2 is 2.39 bits per heavy atom. The second kappa shape index (κ2) is 4.82. The Bertz CT molecular complexity index is 567. The van der Waals surface area contributed by atoms with Crippen molar-refractivity contribution in [2.24, 2.45) is 0 Å². The molecule has 1 heterocycles. The highest BCUT2D eigenvalue weighted by Gasteiger charge is 2.23. The van der Waals surface area contributed by atoms with Gasteiger partial charge in [0.05, 0.1) is 6.54 Å². The van der Waals surface area contributed by atoms with Gasteiger partial charge in [0.2, 0.25) is 5.89 Å². The molecule has 94 valence electrons. The first-order valence-corrected chi connectivity index (χ1v) is 6.83. The molecule has 0 amide bonds. The third-order valence-electron chi connectivity index (χ3n) is 3.29. The summed E-state index contributed by atoms with van der Waals surface area (Å²) in [4.78, 5) is 4.20. The van der Waals surface area contributed by atoms with Crippen molar-refractivity contribution in [3.63, 3.8) is 0 Å². The third kappa shape index (κ3) is 2.20. The molecule has 1 aliphatic carbocycles. The van der Waals surface area contributed by atoms with E-state index in [4.69, 9.17) is 4.52 Å². The molecule has 0 saturated carbocycles. The molecule has 4 nitrogen and oxygen atoms in total. The Morgan fingerprint density at radius 3 is 3.17 bits per heavy atom. The van der Waals surface area contributed by atoms with Crippen LogP contribution >= 0.6 is 15.9 Å². The van der Waals surface area contributed by atoms with E-state index in [2.05, 4.69) is 49.6 Å². The van der Waals surface area contributed by atoms with Gasteiger partial charge in [-0.3, -0.25) is 0 Å². The third-order valence-corrected chi connectivity index (χ3v) is 4.03. The Morgan fingerprint density at radius 1 is 1.50 bits per heavy atom. The van der Waals surface area contributed by atoms with Crippen molar-refractivity contribution in [3.05, 3.63) is 45.5 Å². The molecule has 1 aromatic carbocycles. The molecule has 1 N–H and O–H groups in total. The van der Waals surface area contributed by atoms with Crippen molar-refractivity contribution in [3.8, 4) is 0 Å². The van der Waals surface area contributed by atoms with Gasteiger partial charge in [0, 0.05) is 17.4 Å². The lowest BCUT2D eigenvalue weighted by Gasteiger charge is -2.12. The Labute approximate surface area is 114 Å². The van der Waals surface area contributed by atoms with Crippen LogP contribution in [0.5, 0.6) is 0 Å². The maximum atomic E-state index is 4.96. The van der Waals surface area contributed by atoms with Crippen LogP contribution in [0.25, 0.3) is 0 Å². The van der Waals surface area contributed by atoms with Crippen LogP contribution in [0.4, 0.5) is 0 Å². The Hall–Kier alpha value is -1.20. The van der Waals surface area contributed by atoms with Gasteiger partial charge in [-0.15, -0.1) is 0 Å². The van der Waals surface area contributed by atoms with E-state index in [1.165, 1.54) is 15.6 Å². The molecule has 3 rings (SSSR count). The second-order valence-electron chi connectivity index (χ2n) is 4.51. The molecule has 0 radical (unpaired) electrons. The summed E-state index contributed by atoms with van der Waals surface area (Å²) in [6, 6.07) is 6.76. The number of benzene rings is 1. The van der Waals surface area contributed by atoms with Crippen molar-refractivity contribution in [1.29, 1.82) is 0 Å². The monoisotopic (exact) mass is 307 g/mol. The molecule has 1 atom stereocenters. The fourth-order valence-electron chi connectivity index (χ4n) is 2.45. The van der Waals surface area contributed by atoms with Crippen LogP contribution in [0.3, 0.4) is 0 Å². The van der Waals surface area contributed by atoms with Gasteiger partial charge < -0.3 is 9.84 Å². The standard InChI is InChI=1S/C13H14BrN3O/c1-8-16-13(17-18-8)7-15-12-6-5-9-10(12)3-2-4-11(9)14/h2-4,12,15H,5-7H2,1H3. The minimum atomic E-state index is 0.385. The van der Waals surface area contributed by atoms with Crippen molar-refractivity contribution >= 4 is 15.9 Å². The van der Waals surface area contributed by atoms with E-state index in [0.29, 0.717) is 18.5 Å². The van der Waals surface area contributed by atoms with Gasteiger partial charge in [-0.05, 0) is 30.0 Å². The van der Waals surface area contributed by atoms with E-state index >= 15 is 0 Å². The molecule has 0 spiro atoms. The number of fused-ring (bicyclic) bond motifs is 1. The molecule has 1 unspecified atom stereocenters. The highest BCUT2D eigenvalue weighted by molar-refractivity contribution is 9.10. The fraction of sp³-hybridized carbons (Fsp3) is 0.385. The van der Waals surface area contributed by atoms with E-state index in [-0.39, 0.29) is 0 Å². The van der Waals surface area contributed by atoms with Gasteiger partial charge in [0.25, 0.3) is 0 Å². The fourth-order valence-corrected chi connectivity index (χ4v) is 3.03. The summed E-state index contributed by atoms with van der Waals surface area (Å²) in [5, 5.41) is 7.38. The predicted molar refractivity (Wildman–Crippen MR) is 71.1 cm³/mol. The molecular formula is C13H14BrN3O. The van der Waals surface area contributed by atoms with Gasteiger partial charge >= 0.3 is 0 Å². The van der Waals surface area contributed by atoms with Gasteiger partial charge in [-0.25, -0.2) is 0 Å². The zero-order chi connectivity index (χ0) is 12.5. The van der Waals surface area contributed by atoms with Crippen LogP contribution in [-0.2, 0) is 13.0 Å². The molecule has 0 aliphatic heterocycles. The maximum absolute atomic E-state index is 4.96. The molecule has 5 heteroatoms. The summed E-state index contributed by atoms with van der Waals surface area (Å²) in [5.74, 6) is 1.33. The van der Waals surface area contributed by atoms with Gasteiger partial charge in [-0.2, -0.15) is 4.98 Å². The smallest absolute Gasteiger partial charge is 0.223 e. The Kier molecular flexibility index (Phi) is 3.18. The molecular weight excluding hydrogens is 294 g/mol. The topological polar surface area (TPSA) is 51.0 Å². The van der Waals surface area contributed by atoms with Crippen molar-refractivity contribution in [2.45, 2.75) is 32.4 Å². The summed E-state index contributed by atoms with van der Waals surface area (Å²) in [6.45, 7) is 2.45. The summed E-state index contributed by atoms with van der Waals surface area (Å²) >= 11 is 3.61. The number of halogens is 1. The summed E-state index contributed by atoms with van der Waals surface area (Å²) in [5.41, 5.74) is 2.80. The van der Waals surface area contributed by atoms with Crippen molar-refractivity contribution < 1.29 is 4.52 Å². The van der Waals surface area contributed by atoms with E-state index in [0.717, 1.165) is 18.7 Å². The van der Waals surface area contributed by atoms with Crippen LogP contribution in [0.2, 0.25) is 0 Å². The zero-order valence-electron chi connectivity index (χ0n) is 10.1. The Balaban J connectivity index is 1.71. The molecule has 0 fully saturated rings. The van der Waals surface area contributed by atoms with E-state index in [1.54, 1.807) is 6.92 Å². The first-order chi connectivity index (χ1) is 8.74. The predicted octanol–water partition coefficient (Wildman–Crippen LogP) is 2.92. The number of nitrogens with one attached hydrogen (secondary N) is 1.